The maximum Gasteiger partial charge on any atom is 0.267 e. The van der Waals surface area contributed by atoms with Gasteiger partial charge in [-0.2, -0.15) is 5.26 Å². The lowest BCUT2D eigenvalue weighted by Crippen LogP contribution is -2.35. The van der Waals surface area contributed by atoms with Crippen LogP contribution in [0, 0.1) is 11.3 Å². The van der Waals surface area contributed by atoms with Crippen molar-refractivity contribution in [2.45, 2.75) is 12.8 Å². The van der Waals surface area contributed by atoms with Crippen molar-refractivity contribution in [2.24, 2.45) is 0 Å². The highest BCUT2D eigenvalue weighted by atomic mass is 16.5. The predicted molar refractivity (Wildman–Crippen MR) is 62.6 cm³/mol. The molecule has 2 amide bonds. The number of likely N-dealkylation sites (tertiary alicyclic amines) is 1. The van der Waals surface area contributed by atoms with Gasteiger partial charge in [-0.05, 0) is 18.6 Å². The highest BCUT2D eigenvalue weighted by Crippen LogP contribution is 2.17. The van der Waals surface area contributed by atoms with Crippen LogP contribution in [0.25, 0.3) is 0 Å². The Hall–Kier alpha value is -2.35. The summed E-state index contributed by atoms with van der Waals surface area (Å²) >= 11 is 0. The van der Waals surface area contributed by atoms with Gasteiger partial charge in [-0.3, -0.25) is 14.5 Å². The molecule has 1 fully saturated rings. The molecule has 0 spiro atoms. The number of rotatable bonds is 3. The molecule has 0 aliphatic carbocycles. The fourth-order valence-electron chi connectivity index (χ4n) is 1.81. The maximum atomic E-state index is 11.7. The van der Waals surface area contributed by atoms with Gasteiger partial charge in [-0.25, -0.2) is 0 Å². The molecule has 5 heteroatoms. The summed E-state index contributed by atoms with van der Waals surface area (Å²) in [5.41, 5.74) is 0.373. The van der Waals surface area contributed by atoms with E-state index in [0.29, 0.717) is 30.7 Å². The molecule has 0 unspecified atom stereocenters. The van der Waals surface area contributed by atoms with E-state index in [-0.39, 0.29) is 18.4 Å². The van der Waals surface area contributed by atoms with Crippen LogP contribution in [0.15, 0.2) is 24.3 Å². The molecule has 1 heterocycles. The SMILES string of the molecule is N#Cc1ccccc1OCC(=O)N1CCCC1=O. The molecule has 1 aromatic rings. The standard InChI is InChI=1S/C13H12N2O3/c14-8-10-4-1-2-5-11(10)18-9-13(17)15-7-3-6-12(15)16/h1-2,4-5H,3,6-7,9H2. The van der Waals surface area contributed by atoms with Gasteiger partial charge in [0.2, 0.25) is 5.91 Å². The second-order valence-electron chi connectivity index (χ2n) is 3.94. The van der Waals surface area contributed by atoms with Crippen LogP contribution in [-0.4, -0.2) is 29.9 Å². The van der Waals surface area contributed by atoms with E-state index in [1.807, 2.05) is 6.07 Å². The average molecular weight is 244 g/mol. The predicted octanol–water partition coefficient (Wildman–Crippen LogP) is 1.09. The lowest BCUT2D eigenvalue weighted by atomic mass is 10.2. The Morgan fingerprint density at radius 2 is 2.22 bits per heavy atom. The van der Waals surface area contributed by atoms with Crippen LogP contribution in [0.5, 0.6) is 5.75 Å². The molecule has 0 N–H and O–H groups in total. The van der Waals surface area contributed by atoms with Gasteiger partial charge in [0, 0.05) is 13.0 Å². The van der Waals surface area contributed by atoms with Crippen LogP contribution < -0.4 is 4.74 Å². The molecule has 0 radical (unpaired) electrons. The Morgan fingerprint density at radius 1 is 1.44 bits per heavy atom. The number of nitrogens with zero attached hydrogens (tertiary/aromatic N) is 2. The van der Waals surface area contributed by atoms with E-state index < -0.39 is 0 Å². The summed E-state index contributed by atoms with van der Waals surface area (Å²) in [7, 11) is 0. The minimum atomic E-state index is -0.356. The molecule has 18 heavy (non-hydrogen) atoms. The van der Waals surface area contributed by atoms with Crippen molar-refractivity contribution in [3.05, 3.63) is 29.8 Å². The number of para-hydroxylation sites is 1. The molecule has 1 aliphatic heterocycles. The number of ether oxygens (including phenoxy) is 1. The molecule has 0 atom stereocenters. The second kappa shape index (κ2) is 5.32. The Balaban J connectivity index is 1.97. The monoisotopic (exact) mass is 244 g/mol. The third kappa shape index (κ3) is 2.48. The zero-order valence-corrected chi connectivity index (χ0v) is 9.76. The van der Waals surface area contributed by atoms with Crippen molar-refractivity contribution in [3.63, 3.8) is 0 Å². The number of hydrogen-bond acceptors (Lipinski definition) is 4. The van der Waals surface area contributed by atoms with Crippen LogP contribution in [0.2, 0.25) is 0 Å². The van der Waals surface area contributed by atoms with Gasteiger partial charge in [0.1, 0.15) is 11.8 Å². The largest absolute Gasteiger partial charge is 0.482 e. The van der Waals surface area contributed by atoms with Crippen LogP contribution in [0.4, 0.5) is 0 Å². The Kier molecular flexibility index (Phi) is 3.58. The maximum absolute atomic E-state index is 11.7. The van der Waals surface area contributed by atoms with Gasteiger partial charge < -0.3 is 4.74 Å². The normalized spacial score (nSPS) is 14.4. The van der Waals surface area contributed by atoms with Crippen molar-refractivity contribution in [1.82, 2.24) is 4.90 Å². The van der Waals surface area contributed by atoms with Crippen LogP contribution in [-0.2, 0) is 9.59 Å². The van der Waals surface area contributed by atoms with E-state index in [1.54, 1.807) is 24.3 Å². The quantitative estimate of drug-likeness (QED) is 0.797. The smallest absolute Gasteiger partial charge is 0.267 e. The molecule has 1 aliphatic rings. The molecule has 0 aromatic heterocycles. The number of amides is 2. The summed E-state index contributed by atoms with van der Waals surface area (Å²) in [6.45, 7) is 0.241. The number of hydrogen-bond donors (Lipinski definition) is 0. The van der Waals surface area contributed by atoms with E-state index in [1.165, 1.54) is 4.90 Å². The van der Waals surface area contributed by atoms with Gasteiger partial charge in [0.25, 0.3) is 5.91 Å². The zero-order valence-electron chi connectivity index (χ0n) is 9.76. The van der Waals surface area contributed by atoms with Gasteiger partial charge in [-0.15, -0.1) is 0 Å². The van der Waals surface area contributed by atoms with E-state index in [0.717, 1.165) is 0 Å². The summed E-state index contributed by atoms with van der Waals surface area (Å²) < 4.78 is 5.28. The Labute approximate surface area is 105 Å². The fourth-order valence-corrected chi connectivity index (χ4v) is 1.81. The van der Waals surface area contributed by atoms with Crippen molar-refractivity contribution in [3.8, 4) is 11.8 Å². The third-order valence-electron chi connectivity index (χ3n) is 2.73. The first-order valence-corrected chi connectivity index (χ1v) is 5.67. The topological polar surface area (TPSA) is 70.4 Å². The first kappa shape index (κ1) is 12.1. The number of nitriles is 1. The van der Waals surface area contributed by atoms with Crippen molar-refractivity contribution in [1.29, 1.82) is 5.26 Å². The van der Waals surface area contributed by atoms with E-state index in [9.17, 15) is 9.59 Å². The molecule has 92 valence electrons. The summed E-state index contributed by atoms with van der Waals surface area (Å²) in [4.78, 5) is 24.3. The van der Waals surface area contributed by atoms with E-state index >= 15 is 0 Å². The molecule has 5 nitrogen and oxygen atoms in total. The summed E-state index contributed by atoms with van der Waals surface area (Å²) in [5, 5.41) is 8.86. The molecule has 1 aromatic carbocycles. The minimum Gasteiger partial charge on any atom is -0.482 e. The fraction of sp³-hybridized carbons (Fsp3) is 0.308. The lowest BCUT2D eigenvalue weighted by Gasteiger charge is -2.14. The number of imide groups is 1. The summed E-state index contributed by atoms with van der Waals surface area (Å²) in [6, 6.07) is 8.66. The van der Waals surface area contributed by atoms with Gasteiger partial charge >= 0.3 is 0 Å². The second-order valence-corrected chi connectivity index (χ2v) is 3.94. The van der Waals surface area contributed by atoms with E-state index in [4.69, 9.17) is 10.00 Å². The van der Waals surface area contributed by atoms with Crippen LogP contribution in [0.3, 0.4) is 0 Å². The first-order valence-electron chi connectivity index (χ1n) is 5.67. The van der Waals surface area contributed by atoms with Crippen molar-refractivity contribution < 1.29 is 14.3 Å². The summed E-state index contributed by atoms with van der Waals surface area (Å²) in [6.07, 6.45) is 1.12. The number of carbonyl (C=O) groups excluding carboxylic acids is 2. The van der Waals surface area contributed by atoms with Crippen molar-refractivity contribution in [2.75, 3.05) is 13.2 Å². The van der Waals surface area contributed by atoms with Crippen molar-refractivity contribution >= 4 is 11.8 Å². The third-order valence-corrected chi connectivity index (χ3v) is 2.73. The molecular formula is C13H12N2O3. The van der Waals surface area contributed by atoms with Gasteiger partial charge in [-0.1, -0.05) is 12.1 Å². The zero-order chi connectivity index (χ0) is 13.0. The number of carbonyl (C=O) groups is 2. The van der Waals surface area contributed by atoms with E-state index in [2.05, 4.69) is 0 Å². The minimum absolute atomic E-state index is 0.155. The van der Waals surface area contributed by atoms with Gasteiger partial charge in [0.05, 0.1) is 5.56 Å². The Bertz CT molecular complexity index is 519. The lowest BCUT2D eigenvalue weighted by molar-refractivity contribution is -0.143. The van der Waals surface area contributed by atoms with Crippen LogP contribution >= 0.6 is 0 Å². The molecule has 2 rings (SSSR count). The van der Waals surface area contributed by atoms with Crippen LogP contribution in [0.1, 0.15) is 18.4 Å². The average Bonchev–Trinajstić information content (AvgIpc) is 2.82. The Morgan fingerprint density at radius 3 is 2.89 bits per heavy atom. The van der Waals surface area contributed by atoms with Gasteiger partial charge in [0.15, 0.2) is 6.61 Å². The first-order chi connectivity index (χ1) is 8.72. The molecule has 1 saturated heterocycles. The molecule has 0 saturated carbocycles. The highest BCUT2D eigenvalue weighted by Gasteiger charge is 2.26. The molecular weight excluding hydrogens is 232 g/mol. The highest BCUT2D eigenvalue weighted by molar-refractivity contribution is 5.97. The summed E-state index contributed by atoms with van der Waals surface area (Å²) in [5.74, 6) is -0.151. The number of benzene rings is 1. The molecule has 0 bridgehead atoms.